The summed E-state index contributed by atoms with van der Waals surface area (Å²) in [6.07, 6.45) is 0. The van der Waals surface area contributed by atoms with E-state index < -0.39 is 0 Å². The van der Waals surface area contributed by atoms with Crippen LogP contribution in [0.3, 0.4) is 0 Å². The number of thioether (sulfide) groups is 2. The Labute approximate surface area is 176 Å². The maximum Gasteiger partial charge on any atom is 0.252 e. The molecule has 0 saturated carbocycles. The summed E-state index contributed by atoms with van der Waals surface area (Å²) in [5, 5.41) is 3.06. The molecule has 2 nitrogen and oxygen atoms in total. The van der Waals surface area contributed by atoms with Crippen molar-refractivity contribution in [3.05, 3.63) is 101 Å². The normalized spacial score (nSPS) is 10.6. The number of carbonyl (C=O) groups is 1. The van der Waals surface area contributed by atoms with Crippen LogP contribution in [0, 0.1) is 6.92 Å². The van der Waals surface area contributed by atoms with E-state index in [4.69, 9.17) is 0 Å². The van der Waals surface area contributed by atoms with Gasteiger partial charge in [-0.1, -0.05) is 72.3 Å². The summed E-state index contributed by atoms with van der Waals surface area (Å²) in [5.74, 6) is 2.74. The highest BCUT2D eigenvalue weighted by atomic mass is 32.2. The summed E-state index contributed by atoms with van der Waals surface area (Å²) in [7, 11) is 0. The standard InChI is InChI=1S/C24H25NOS2/c1-19-11-13-21(14-12-19)17-27-16-15-25-24(26)22-9-5-6-10-23(22)28-18-20-7-3-2-4-8-20/h2-14H,15-18H2,1H3,(H,25,26). The average Bonchev–Trinajstić information content (AvgIpc) is 2.74. The molecule has 1 amide bonds. The minimum absolute atomic E-state index is 0.00657. The molecule has 0 unspecified atom stereocenters. The summed E-state index contributed by atoms with van der Waals surface area (Å²) in [6.45, 7) is 2.77. The minimum Gasteiger partial charge on any atom is -0.351 e. The number of carbonyl (C=O) groups excluding carboxylic acids is 1. The lowest BCUT2D eigenvalue weighted by Crippen LogP contribution is -2.26. The molecule has 3 aromatic carbocycles. The lowest BCUT2D eigenvalue weighted by atomic mass is 10.2. The SMILES string of the molecule is Cc1ccc(CSCCNC(=O)c2ccccc2SCc2ccccc2)cc1. The number of aryl methyl sites for hydroxylation is 1. The van der Waals surface area contributed by atoms with Gasteiger partial charge in [0.25, 0.3) is 5.91 Å². The first-order valence-corrected chi connectivity index (χ1v) is 11.5. The second kappa shape index (κ2) is 11.0. The topological polar surface area (TPSA) is 29.1 Å². The predicted octanol–water partition coefficient (Wildman–Crippen LogP) is 5.95. The molecule has 0 spiro atoms. The molecule has 1 N–H and O–H groups in total. The third-order valence-electron chi connectivity index (χ3n) is 4.29. The Morgan fingerprint density at radius 2 is 1.50 bits per heavy atom. The van der Waals surface area contributed by atoms with Crippen LogP contribution >= 0.6 is 23.5 Å². The Kier molecular flexibility index (Phi) is 8.07. The summed E-state index contributed by atoms with van der Waals surface area (Å²) in [4.78, 5) is 13.6. The molecule has 3 aromatic rings. The van der Waals surface area contributed by atoms with Crippen LogP contribution in [0.4, 0.5) is 0 Å². The van der Waals surface area contributed by atoms with Crippen molar-refractivity contribution in [1.82, 2.24) is 5.32 Å². The van der Waals surface area contributed by atoms with Crippen LogP contribution in [0.5, 0.6) is 0 Å². The third kappa shape index (κ3) is 6.47. The van der Waals surface area contributed by atoms with Gasteiger partial charge in [-0.3, -0.25) is 4.79 Å². The molecule has 0 aliphatic heterocycles. The predicted molar refractivity (Wildman–Crippen MR) is 122 cm³/mol. The lowest BCUT2D eigenvalue weighted by molar-refractivity contribution is 0.0953. The minimum atomic E-state index is 0.00657. The average molecular weight is 408 g/mol. The van der Waals surface area contributed by atoms with Crippen LogP contribution in [-0.4, -0.2) is 18.2 Å². The zero-order valence-electron chi connectivity index (χ0n) is 16.1. The molecule has 0 atom stereocenters. The Bertz CT molecular complexity index is 879. The smallest absolute Gasteiger partial charge is 0.252 e. The van der Waals surface area contributed by atoms with E-state index in [0.717, 1.165) is 27.7 Å². The number of amides is 1. The zero-order chi connectivity index (χ0) is 19.6. The Morgan fingerprint density at radius 3 is 2.29 bits per heavy atom. The highest BCUT2D eigenvalue weighted by Crippen LogP contribution is 2.26. The van der Waals surface area contributed by atoms with Crippen molar-refractivity contribution in [3.63, 3.8) is 0 Å². The first-order chi connectivity index (χ1) is 13.7. The quantitative estimate of drug-likeness (QED) is 0.351. The number of nitrogens with one attached hydrogen (secondary N) is 1. The fourth-order valence-corrected chi connectivity index (χ4v) is 4.55. The number of rotatable bonds is 9. The van der Waals surface area contributed by atoms with E-state index in [9.17, 15) is 4.79 Å². The van der Waals surface area contributed by atoms with Gasteiger partial charge in [-0.05, 0) is 30.2 Å². The van der Waals surface area contributed by atoms with Gasteiger partial charge in [0.05, 0.1) is 5.56 Å². The number of hydrogen-bond donors (Lipinski definition) is 1. The second-order valence-electron chi connectivity index (χ2n) is 6.56. The van der Waals surface area contributed by atoms with Crippen molar-refractivity contribution in [2.75, 3.05) is 12.3 Å². The molecule has 3 rings (SSSR count). The first-order valence-electron chi connectivity index (χ1n) is 9.39. The highest BCUT2D eigenvalue weighted by molar-refractivity contribution is 7.98. The molecule has 0 bridgehead atoms. The van der Waals surface area contributed by atoms with E-state index in [-0.39, 0.29) is 5.91 Å². The van der Waals surface area contributed by atoms with Crippen LogP contribution in [0.15, 0.2) is 83.8 Å². The van der Waals surface area contributed by atoms with Gasteiger partial charge in [0.15, 0.2) is 0 Å². The lowest BCUT2D eigenvalue weighted by Gasteiger charge is -2.10. The van der Waals surface area contributed by atoms with Gasteiger partial charge in [-0.25, -0.2) is 0 Å². The van der Waals surface area contributed by atoms with Gasteiger partial charge in [0.1, 0.15) is 0 Å². The largest absolute Gasteiger partial charge is 0.351 e. The Hall–Kier alpha value is -2.17. The van der Waals surface area contributed by atoms with Crippen LogP contribution in [-0.2, 0) is 11.5 Å². The van der Waals surface area contributed by atoms with E-state index in [2.05, 4.69) is 48.6 Å². The monoisotopic (exact) mass is 407 g/mol. The molecule has 0 radical (unpaired) electrons. The van der Waals surface area contributed by atoms with E-state index in [1.54, 1.807) is 11.8 Å². The Morgan fingerprint density at radius 1 is 0.821 bits per heavy atom. The van der Waals surface area contributed by atoms with Crippen molar-refractivity contribution in [2.45, 2.75) is 23.3 Å². The summed E-state index contributed by atoms with van der Waals surface area (Å²) >= 11 is 3.55. The van der Waals surface area contributed by atoms with E-state index >= 15 is 0 Å². The van der Waals surface area contributed by atoms with Crippen LogP contribution in [0.2, 0.25) is 0 Å². The summed E-state index contributed by atoms with van der Waals surface area (Å²) in [6, 6.07) is 26.8. The fraction of sp³-hybridized carbons (Fsp3) is 0.208. The van der Waals surface area contributed by atoms with Crippen molar-refractivity contribution in [3.8, 4) is 0 Å². The molecular weight excluding hydrogens is 382 g/mol. The fourth-order valence-electron chi connectivity index (χ4n) is 2.72. The zero-order valence-corrected chi connectivity index (χ0v) is 17.7. The summed E-state index contributed by atoms with van der Waals surface area (Å²) < 4.78 is 0. The first kappa shape index (κ1) is 20.6. The molecular formula is C24H25NOS2. The number of benzene rings is 3. The molecule has 0 fully saturated rings. The van der Waals surface area contributed by atoms with Crippen molar-refractivity contribution in [1.29, 1.82) is 0 Å². The van der Waals surface area contributed by atoms with Crippen LogP contribution in [0.25, 0.3) is 0 Å². The van der Waals surface area contributed by atoms with E-state index in [0.29, 0.717) is 6.54 Å². The molecule has 0 saturated heterocycles. The molecule has 0 aliphatic rings. The van der Waals surface area contributed by atoms with Crippen molar-refractivity contribution in [2.24, 2.45) is 0 Å². The second-order valence-corrected chi connectivity index (χ2v) is 8.69. The maximum atomic E-state index is 12.6. The molecule has 0 heterocycles. The maximum absolute atomic E-state index is 12.6. The number of hydrogen-bond acceptors (Lipinski definition) is 3. The van der Waals surface area contributed by atoms with Crippen LogP contribution < -0.4 is 5.32 Å². The van der Waals surface area contributed by atoms with Gasteiger partial charge in [-0.15, -0.1) is 11.8 Å². The summed E-state index contributed by atoms with van der Waals surface area (Å²) in [5.41, 5.74) is 4.62. The van der Waals surface area contributed by atoms with Crippen LogP contribution in [0.1, 0.15) is 27.0 Å². The van der Waals surface area contributed by atoms with Crippen molar-refractivity contribution >= 4 is 29.4 Å². The van der Waals surface area contributed by atoms with Gasteiger partial charge >= 0.3 is 0 Å². The molecule has 144 valence electrons. The highest BCUT2D eigenvalue weighted by Gasteiger charge is 2.11. The van der Waals surface area contributed by atoms with Gasteiger partial charge < -0.3 is 5.32 Å². The van der Waals surface area contributed by atoms with E-state index in [1.807, 2.05) is 54.2 Å². The van der Waals surface area contributed by atoms with Gasteiger partial charge in [0.2, 0.25) is 0 Å². The third-order valence-corrected chi connectivity index (χ3v) is 6.47. The van der Waals surface area contributed by atoms with E-state index in [1.165, 1.54) is 16.7 Å². The molecule has 28 heavy (non-hydrogen) atoms. The van der Waals surface area contributed by atoms with Gasteiger partial charge in [-0.2, -0.15) is 11.8 Å². The molecule has 4 heteroatoms. The molecule has 0 aromatic heterocycles. The molecule has 0 aliphatic carbocycles. The van der Waals surface area contributed by atoms with Crippen molar-refractivity contribution < 1.29 is 4.79 Å². The van der Waals surface area contributed by atoms with Gasteiger partial charge in [0, 0.05) is 28.7 Å². The Balaban J connectivity index is 1.45.